The fraction of sp³-hybridized carbons (Fsp3) is 0.421. The van der Waals surface area contributed by atoms with E-state index in [4.69, 9.17) is 4.42 Å². The van der Waals surface area contributed by atoms with Crippen molar-refractivity contribution in [1.82, 2.24) is 4.31 Å². The van der Waals surface area contributed by atoms with E-state index in [1.807, 2.05) is 19.1 Å². The van der Waals surface area contributed by atoms with Crippen LogP contribution in [0.5, 0.6) is 0 Å². The minimum Gasteiger partial charge on any atom is -0.468 e. The summed E-state index contributed by atoms with van der Waals surface area (Å²) in [5.41, 5.74) is 1.37. The van der Waals surface area contributed by atoms with Crippen LogP contribution in [0.15, 0.2) is 45.9 Å². The van der Waals surface area contributed by atoms with E-state index in [-0.39, 0.29) is 16.6 Å². The van der Waals surface area contributed by atoms with Crippen molar-refractivity contribution in [2.24, 2.45) is 0 Å². The van der Waals surface area contributed by atoms with Gasteiger partial charge in [-0.05, 0) is 49.6 Å². The summed E-state index contributed by atoms with van der Waals surface area (Å²) < 4.78 is 32.5. The van der Waals surface area contributed by atoms with Crippen LogP contribution in [0.25, 0.3) is 0 Å². The quantitative estimate of drug-likeness (QED) is 0.757. The molecule has 1 saturated heterocycles. The van der Waals surface area contributed by atoms with Crippen LogP contribution in [-0.2, 0) is 20.6 Å². The maximum Gasteiger partial charge on any atom is 0.243 e. The van der Waals surface area contributed by atoms with Crippen molar-refractivity contribution in [3.63, 3.8) is 0 Å². The number of hydrogen-bond acceptors (Lipinski definition) is 5. The zero-order valence-electron chi connectivity index (χ0n) is 15.3. The van der Waals surface area contributed by atoms with Crippen molar-refractivity contribution in [2.75, 3.05) is 24.2 Å². The number of hydrogen-bond donors (Lipinski definition) is 1. The Morgan fingerprint density at radius 2 is 2.00 bits per heavy atom. The number of carbonyl (C=O) groups is 1. The van der Waals surface area contributed by atoms with Crippen LogP contribution in [0.2, 0.25) is 0 Å². The number of carbonyl (C=O) groups excluding carboxylic acids is 1. The second kappa shape index (κ2) is 8.95. The molecule has 27 heavy (non-hydrogen) atoms. The number of nitrogens with zero attached hydrogens (tertiary/aromatic N) is 1. The van der Waals surface area contributed by atoms with Crippen LogP contribution in [0.3, 0.4) is 0 Å². The molecule has 1 aromatic carbocycles. The van der Waals surface area contributed by atoms with E-state index in [1.54, 1.807) is 24.5 Å². The minimum atomic E-state index is -3.52. The first-order chi connectivity index (χ1) is 13.0. The van der Waals surface area contributed by atoms with Crippen LogP contribution in [0.1, 0.15) is 30.6 Å². The Labute approximate surface area is 164 Å². The van der Waals surface area contributed by atoms with Crippen LogP contribution in [0.4, 0.5) is 5.69 Å². The Morgan fingerprint density at radius 1 is 1.22 bits per heavy atom. The molecule has 146 valence electrons. The van der Waals surface area contributed by atoms with E-state index in [0.29, 0.717) is 24.5 Å². The number of furan rings is 1. The third kappa shape index (κ3) is 5.15. The molecule has 6 nitrogen and oxygen atoms in total. The largest absolute Gasteiger partial charge is 0.468 e. The lowest BCUT2D eigenvalue weighted by Gasteiger charge is -2.26. The molecule has 0 radical (unpaired) electrons. The molecule has 0 atom stereocenters. The molecule has 8 heteroatoms. The minimum absolute atomic E-state index is 0.165. The third-order valence-corrected chi connectivity index (χ3v) is 7.34. The van der Waals surface area contributed by atoms with Crippen molar-refractivity contribution >= 4 is 33.4 Å². The number of anilines is 1. The van der Waals surface area contributed by atoms with Crippen LogP contribution in [-0.4, -0.2) is 37.5 Å². The van der Waals surface area contributed by atoms with E-state index >= 15 is 0 Å². The first kappa shape index (κ1) is 20.0. The summed E-state index contributed by atoms with van der Waals surface area (Å²) in [5, 5.41) is 2.83. The molecule has 0 aliphatic carbocycles. The fourth-order valence-corrected chi connectivity index (χ4v) is 5.24. The van der Waals surface area contributed by atoms with Gasteiger partial charge in [0.1, 0.15) is 5.76 Å². The number of thioether (sulfide) groups is 1. The van der Waals surface area contributed by atoms with E-state index in [2.05, 4.69) is 5.32 Å². The van der Waals surface area contributed by atoms with E-state index in [9.17, 15) is 13.2 Å². The number of rotatable bonds is 7. The average Bonchev–Trinajstić information content (AvgIpc) is 3.17. The summed E-state index contributed by atoms with van der Waals surface area (Å²) in [6.07, 6.45) is 4.45. The van der Waals surface area contributed by atoms with Gasteiger partial charge in [0.05, 0.1) is 22.7 Å². The maximum absolute atomic E-state index is 12.8. The average molecular weight is 409 g/mol. The van der Waals surface area contributed by atoms with Crippen molar-refractivity contribution in [3.8, 4) is 0 Å². The predicted molar refractivity (Wildman–Crippen MR) is 107 cm³/mol. The van der Waals surface area contributed by atoms with Gasteiger partial charge >= 0.3 is 0 Å². The number of sulfonamides is 1. The molecule has 0 spiro atoms. The normalized spacial score (nSPS) is 15.6. The molecule has 1 aromatic heterocycles. The topological polar surface area (TPSA) is 79.6 Å². The Kier molecular flexibility index (Phi) is 6.62. The summed E-state index contributed by atoms with van der Waals surface area (Å²) in [7, 11) is -3.52. The van der Waals surface area contributed by atoms with Gasteiger partial charge in [0, 0.05) is 18.8 Å². The molecule has 2 heterocycles. The van der Waals surface area contributed by atoms with Crippen molar-refractivity contribution in [2.45, 2.75) is 36.8 Å². The van der Waals surface area contributed by atoms with Crippen molar-refractivity contribution in [1.29, 1.82) is 0 Å². The summed E-state index contributed by atoms with van der Waals surface area (Å²) >= 11 is 1.44. The highest BCUT2D eigenvalue weighted by molar-refractivity contribution is 7.99. The highest BCUT2D eigenvalue weighted by Crippen LogP contribution is 2.25. The van der Waals surface area contributed by atoms with Crippen LogP contribution in [0, 0.1) is 6.92 Å². The Bertz CT molecular complexity index is 873. The number of aryl methyl sites for hydroxylation is 1. The molecule has 3 rings (SSSR count). The van der Waals surface area contributed by atoms with Gasteiger partial charge in [-0.25, -0.2) is 8.42 Å². The molecular formula is C19H24N2O4S2. The Hall–Kier alpha value is -1.77. The highest BCUT2D eigenvalue weighted by Gasteiger charge is 2.26. The summed E-state index contributed by atoms with van der Waals surface area (Å²) in [6, 6.07) is 8.59. The third-order valence-electron chi connectivity index (χ3n) is 4.49. The molecule has 1 aliphatic heterocycles. The first-order valence-electron chi connectivity index (χ1n) is 8.97. The Balaban J connectivity index is 1.65. The molecule has 0 bridgehead atoms. The van der Waals surface area contributed by atoms with Crippen molar-refractivity contribution in [3.05, 3.63) is 47.9 Å². The number of benzene rings is 1. The lowest BCUT2D eigenvalue weighted by atomic mass is 10.2. The summed E-state index contributed by atoms with van der Waals surface area (Å²) in [5.74, 6) is 1.53. The number of amides is 1. The molecule has 1 fully saturated rings. The zero-order chi connectivity index (χ0) is 19.3. The van der Waals surface area contributed by atoms with Gasteiger partial charge in [0.15, 0.2) is 0 Å². The van der Waals surface area contributed by atoms with E-state index in [1.165, 1.54) is 16.1 Å². The molecular weight excluding hydrogens is 384 g/mol. The molecule has 0 saturated carbocycles. The smallest absolute Gasteiger partial charge is 0.243 e. The molecule has 2 aromatic rings. The molecule has 1 aliphatic rings. The molecule has 1 N–H and O–H groups in total. The lowest BCUT2D eigenvalue weighted by Crippen LogP contribution is -2.35. The molecule has 0 unspecified atom stereocenters. The fourth-order valence-electron chi connectivity index (χ4n) is 2.98. The van der Waals surface area contributed by atoms with Gasteiger partial charge in [-0.3, -0.25) is 4.79 Å². The van der Waals surface area contributed by atoms with E-state index in [0.717, 1.165) is 30.6 Å². The monoisotopic (exact) mass is 408 g/mol. The SMILES string of the molecule is Cc1ccc(S(=O)(=O)N2CCCCC2)cc1NC(=O)CSCc1ccco1. The van der Waals surface area contributed by atoms with E-state index < -0.39 is 10.0 Å². The Morgan fingerprint density at radius 3 is 2.70 bits per heavy atom. The summed E-state index contributed by atoms with van der Waals surface area (Å²) in [4.78, 5) is 12.5. The standard InChI is InChI=1S/C19H24N2O4S2/c1-15-7-8-17(27(23,24)21-9-3-2-4-10-21)12-18(15)20-19(22)14-26-13-16-6-5-11-25-16/h5-8,11-12H,2-4,9-10,13-14H2,1H3,(H,20,22). The number of piperidine rings is 1. The van der Waals surface area contributed by atoms with Gasteiger partial charge in [-0.1, -0.05) is 12.5 Å². The van der Waals surface area contributed by atoms with Gasteiger partial charge in [-0.15, -0.1) is 11.8 Å². The van der Waals surface area contributed by atoms with Gasteiger partial charge in [0.25, 0.3) is 0 Å². The second-order valence-corrected chi connectivity index (χ2v) is 9.49. The number of nitrogens with one attached hydrogen (secondary N) is 1. The van der Waals surface area contributed by atoms with Gasteiger partial charge < -0.3 is 9.73 Å². The van der Waals surface area contributed by atoms with Crippen molar-refractivity contribution < 1.29 is 17.6 Å². The van der Waals surface area contributed by atoms with Crippen LogP contribution < -0.4 is 5.32 Å². The first-order valence-corrected chi connectivity index (χ1v) is 11.6. The zero-order valence-corrected chi connectivity index (χ0v) is 16.9. The van der Waals surface area contributed by atoms with Crippen LogP contribution >= 0.6 is 11.8 Å². The second-order valence-electron chi connectivity index (χ2n) is 6.56. The van der Waals surface area contributed by atoms with Gasteiger partial charge in [-0.2, -0.15) is 4.31 Å². The highest BCUT2D eigenvalue weighted by atomic mass is 32.2. The predicted octanol–water partition coefficient (Wildman–Crippen LogP) is 3.63. The summed E-state index contributed by atoms with van der Waals surface area (Å²) in [6.45, 7) is 2.96. The lowest BCUT2D eigenvalue weighted by molar-refractivity contribution is -0.113. The maximum atomic E-state index is 12.8. The molecule has 1 amide bonds. The van der Waals surface area contributed by atoms with Gasteiger partial charge in [0.2, 0.25) is 15.9 Å².